The Morgan fingerprint density at radius 3 is 2.49 bits per heavy atom. The molecule has 1 aromatic heterocycles. The summed E-state index contributed by atoms with van der Waals surface area (Å²) in [6, 6.07) is 16.2. The first-order chi connectivity index (χ1) is 17.0. The molecule has 2 amide bonds. The summed E-state index contributed by atoms with van der Waals surface area (Å²) in [7, 11) is 0. The van der Waals surface area contributed by atoms with Gasteiger partial charge in [-0.3, -0.25) is 10.1 Å². The number of likely N-dealkylation sites (tertiary alicyclic amines) is 1. The van der Waals surface area contributed by atoms with Gasteiger partial charge < -0.3 is 14.7 Å². The van der Waals surface area contributed by atoms with Gasteiger partial charge in [0.25, 0.3) is 5.91 Å². The zero-order valence-corrected chi connectivity index (χ0v) is 19.6. The highest BCUT2D eigenvalue weighted by molar-refractivity contribution is 7.17. The van der Waals surface area contributed by atoms with E-state index in [0.717, 1.165) is 46.4 Å². The second-order valence-electron chi connectivity index (χ2n) is 9.21. The van der Waals surface area contributed by atoms with Crippen LogP contribution in [-0.2, 0) is 9.53 Å². The van der Waals surface area contributed by atoms with Gasteiger partial charge in [-0.25, -0.2) is 14.6 Å². The number of rotatable bonds is 5. The fourth-order valence-corrected chi connectivity index (χ4v) is 6.38. The zero-order valence-electron chi connectivity index (χ0n) is 18.8. The van der Waals surface area contributed by atoms with E-state index in [1.807, 2.05) is 24.3 Å². The summed E-state index contributed by atoms with van der Waals surface area (Å²) < 4.78 is 5.54. The van der Waals surface area contributed by atoms with Crippen LogP contribution in [-0.4, -0.2) is 51.7 Å². The largest absolute Gasteiger partial charge is 0.479 e. The second-order valence-corrected chi connectivity index (χ2v) is 10.2. The number of benzene rings is 2. The number of amides is 2. The average Bonchev–Trinajstić information content (AvgIpc) is 3.33. The quantitative estimate of drug-likeness (QED) is 0.543. The number of carbonyl (C=O) groups is 3. The van der Waals surface area contributed by atoms with Crippen LogP contribution in [0.15, 0.2) is 54.7 Å². The summed E-state index contributed by atoms with van der Waals surface area (Å²) in [5, 5.41) is 12.6. The van der Waals surface area contributed by atoms with Crippen LogP contribution in [0.3, 0.4) is 0 Å². The van der Waals surface area contributed by atoms with Crippen molar-refractivity contribution in [3.63, 3.8) is 0 Å². The monoisotopic (exact) mass is 489 g/mol. The van der Waals surface area contributed by atoms with Crippen molar-refractivity contribution in [3.8, 4) is 11.1 Å². The van der Waals surface area contributed by atoms with E-state index >= 15 is 0 Å². The van der Waals surface area contributed by atoms with Crippen molar-refractivity contribution in [1.29, 1.82) is 0 Å². The van der Waals surface area contributed by atoms with Crippen LogP contribution in [0.25, 0.3) is 11.1 Å². The molecule has 1 saturated carbocycles. The fraction of sp³-hybridized carbons (Fsp3) is 0.308. The number of fused-ring (bicyclic) bond motifs is 4. The maximum absolute atomic E-state index is 13.1. The standard InChI is InChI=1S/C26H23N3O5S/c30-22(29-11-5-6-15-12-26(15,29)23(31)32)21-13-27-24(35-21)28-25(33)34-14-20-18-9-3-1-7-16(18)17-8-2-4-10-19(17)20/h1-4,7-10,13,15,20H,5-6,11-12,14H2,(H,31,32)(H,27,28,33)/t15-,26+/m1/s1. The number of hydrogen-bond acceptors (Lipinski definition) is 6. The Morgan fingerprint density at radius 2 is 1.80 bits per heavy atom. The van der Waals surface area contributed by atoms with Gasteiger partial charge >= 0.3 is 12.1 Å². The summed E-state index contributed by atoms with van der Waals surface area (Å²) in [6.45, 7) is 0.585. The summed E-state index contributed by atoms with van der Waals surface area (Å²) in [5.41, 5.74) is 3.45. The number of carboxylic acids is 1. The van der Waals surface area contributed by atoms with Crippen LogP contribution in [0, 0.1) is 5.92 Å². The Bertz CT molecular complexity index is 1310. The molecule has 178 valence electrons. The molecule has 1 saturated heterocycles. The molecule has 0 unspecified atom stereocenters. The predicted octanol–water partition coefficient (Wildman–Crippen LogP) is 4.58. The molecule has 2 fully saturated rings. The number of aromatic nitrogens is 1. The Labute approximate surface area is 205 Å². The maximum Gasteiger partial charge on any atom is 0.413 e. The van der Waals surface area contributed by atoms with Crippen LogP contribution in [0.2, 0.25) is 0 Å². The van der Waals surface area contributed by atoms with Crippen molar-refractivity contribution in [2.45, 2.75) is 30.7 Å². The number of carbonyl (C=O) groups excluding carboxylic acids is 2. The number of nitrogens with one attached hydrogen (secondary N) is 1. The van der Waals surface area contributed by atoms with E-state index in [-0.39, 0.29) is 29.5 Å². The van der Waals surface area contributed by atoms with Gasteiger partial charge in [-0.1, -0.05) is 59.9 Å². The van der Waals surface area contributed by atoms with E-state index < -0.39 is 17.6 Å². The number of ether oxygens (including phenoxy) is 1. The first-order valence-electron chi connectivity index (χ1n) is 11.6. The van der Waals surface area contributed by atoms with Crippen molar-refractivity contribution in [3.05, 3.63) is 70.7 Å². The lowest BCUT2D eigenvalue weighted by atomic mass is 9.98. The van der Waals surface area contributed by atoms with Crippen molar-refractivity contribution in [2.24, 2.45) is 5.92 Å². The SMILES string of the molecule is O=C(Nc1ncc(C(=O)N2CCC[C@@H]3C[C@@]32C(=O)O)s1)OCC1c2ccccc2-c2ccccc21. The van der Waals surface area contributed by atoms with E-state index in [4.69, 9.17) is 4.74 Å². The van der Waals surface area contributed by atoms with Crippen molar-refractivity contribution < 1.29 is 24.2 Å². The minimum Gasteiger partial charge on any atom is -0.479 e. The minimum absolute atomic E-state index is 0.0176. The molecule has 35 heavy (non-hydrogen) atoms. The third kappa shape index (κ3) is 3.49. The molecule has 2 N–H and O–H groups in total. The summed E-state index contributed by atoms with van der Waals surface area (Å²) in [5.74, 6) is -1.34. The number of aliphatic carboxylic acids is 1. The van der Waals surface area contributed by atoms with Crippen molar-refractivity contribution in [1.82, 2.24) is 9.88 Å². The smallest absolute Gasteiger partial charge is 0.413 e. The van der Waals surface area contributed by atoms with Crippen LogP contribution >= 0.6 is 11.3 Å². The number of hydrogen-bond donors (Lipinski definition) is 2. The topological polar surface area (TPSA) is 109 Å². The summed E-state index contributed by atoms with van der Waals surface area (Å²) in [6.07, 6.45) is 2.84. The molecule has 0 radical (unpaired) electrons. The Balaban J connectivity index is 1.11. The molecule has 2 heterocycles. The first kappa shape index (κ1) is 21.8. The van der Waals surface area contributed by atoms with Gasteiger partial charge in [0.05, 0.1) is 6.20 Å². The van der Waals surface area contributed by atoms with Crippen LogP contribution < -0.4 is 5.32 Å². The van der Waals surface area contributed by atoms with E-state index in [1.165, 1.54) is 11.1 Å². The average molecular weight is 490 g/mol. The van der Waals surface area contributed by atoms with E-state index in [2.05, 4.69) is 34.6 Å². The molecule has 2 aromatic carbocycles. The van der Waals surface area contributed by atoms with Crippen molar-refractivity contribution in [2.75, 3.05) is 18.5 Å². The molecule has 3 aliphatic rings. The molecule has 0 bridgehead atoms. The second kappa shape index (κ2) is 8.20. The number of carboxylic acid groups (broad SMARTS) is 1. The summed E-state index contributed by atoms with van der Waals surface area (Å²) in [4.78, 5) is 43.4. The van der Waals surface area contributed by atoms with Gasteiger partial charge in [0.15, 0.2) is 5.13 Å². The van der Waals surface area contributed by atoms with Gasteiger partial charge in [-0.15, -0.1) is 0 Å². The zero-order chi connectivity index (χ0) is 24.2. The molecule has 0 spiro atoms. The molecule has 6 rings (SSSR count). The lowest BCUT2D eigenvalue weighted by Gasteiger charge is -2.33. The number of anilines is 1. The van der Waals surface area contributed by atoms with Gasteiger partial charge in [0, 0.05) is 12.5 Å². The van der Waals surface area contributed by atoms with Gasteiger partial charge in [-0.05, 0) is 47.4 Å². The fourth-order valence-electron chi connectivity index (χ4n) is 5.63. The molecule has 8 nitrogen and oxygen atoms in total. The Morgan fingerprint density at radius 1 is 1.11 bits per heavy atom. The van der Waals surface area contributed by atoms with Gasteiger partial charge in [0.1, 0.15) is 17.0 Å². The number of piperidine rings is 1. The highest BCUT2D eigenvalue weighted by atomic mass is 32.1. The molecular weight excluding hydrogens is 466 g/mol. The van der Waals surface area contributed by atoms with Gasteiger partial charge in [0.2, 0.25) is 0 Å². The van der Waals surface area contributed by atoms with E-state index in [9.17, 15) is 19.5 Å². The lowest BCUT2D eigenvalue weighted by molar-refractivity contribution is -0.145. The molecule has 1 aliphatic heterocycles. The normalized spacial score (nSPS) is 22.1. The molecule has 3 aromatic rings. The number of nitrogens with zero attached hydrogens (tertiary/aromatic N) is 2. The van der Waals surface area contributed by atoms with Crippen LogP contribution in [0.4, 0.5) is 9.93 Å². The Kier molecular flexibility index (Phi) is 5.10. The first-order valence-corrected chi connectivity index (χ1v) is 12.4. The molecule has 2 atom stereocenters. The van der Waals surface area contributed by atoms with Crippen LogP contribution in [0.5, 0.6) is 0 Å². The van der Waals surface area contributed by atoms with Crippen LogP contribution in [0.1, 0.15) is 46.0 Å². The van der Waals surface area contributed by atoms with Gasteiger partial charge in [-0.2, -0.15) is 0 Å². The van der Waals surface area contributed by atoms with E-state index in [0.29, 0.717) is 17.8 Å². The highest BCUT2D eigenvalue weighted by Gasteiger charge is 2.66. The lowest BCUT2D eigenvalue weighted by Crippen LogP contribution is -2.51. The molecule has 9 heteroatoms. The highest BCUT2D eigenvalue weighted by Crippen LogP contribution is 2.54. The summed E-state index contributed by atoms with van der Waals surface area (Å²) >= 11 is 1.02. The molecular formula is C26H23N3O5S. The van der Waals surface area contributed by atoms with E-state index in [1.54, 1.807) is 0 Å². The third-order valence-electron chi connectivity index (χ3n) is 7.37. The molecule has 2 aliphatic carbocycles. The predicted molar refractivity (Wildman–Crippen MR) is 130 cm³/mol. The minimum atomic E-state index is -1.08. The van der Waals surface area contributed by atoms with Crippen molar-refractivity contribution >= 4 is 34.4 Å². The third-order valence-corrected chi connectivity index (χ3v) is 8.27. The maximum atomic E-state index is 13.1. The number of thiazole rings is 1. The Hall–Kier alpha value is -3.72.